The topological polar surface area (TPSA) is 54.9 Å². The summed E-state index contributed by atoms with van der Waals surface area (Å²) in [6.45, 7) is 6.42. The zero-order chi connectivity index (χ0) is 23.2. The van der Waals surface area contributed by atoms with Crippen LogP contribution >= 0.6 is 0 Å². The molecule has 6 nitrogen and oxygen atoms in total. The van der Waals surface area contributed by atoms with Crippen LogP contribution in [0.3, 0.4) is 0 Å². The maximum atomic E-state index is 13.5. The van der Waals surface area contributed by atoms with Gasteiger partial charge >= 0.3 is 0 Å². The largest absolute Gasteiger partial charge is 0.491 e. The molecular formula is C28H33N3O3. The number of pyridine rings is 1. The van der Waals surface area contributed by atoms with E-state index in [0.717, 1.165) is 70.7 Å². The number of carbonyl (C=O) groups excluding carboxylic acids is 1. The lowest BCUT2D eigenvalue weighted by atomic mass is 9.89. The zero-order valence-electron chi connectivity index (χ0n) is 19.7. The number of likely N-dealkylation sites (tertiary alicyclic amines) is 1. The molecule has 0 N–H and O–H groups in total. The number of nitrogens with zero attached hydrogens (tertiary/aromatic N) is 3. The van der Waals surface area contributed by atoms with Crippen LogP contribution in [0.1, 0.15) is 28.8 Å². The van der Waals surface area contributed by atoms with Gasteiger partial charge in [0.1, 0.15) is 12.4 Å². The van der Waals surface area contributed by atoms with E-state index in [-0.39, 0.29) is 5.91 Å². The maximum absolute atomic E-state index is 13.5. The van der Waals surface area contributed by atoms with E-state index in [9.17, 15) is 4.79 Å². The number of carbonyl (C=O) groups is 1. The minimum atomic E-state index is 0.0752. The summed E-state index contributed by atoms with van der Waals surface area (Å²) in [4.78, 5) is 22.4. The van der Waals surface area contributed by atoms with Crippen molar-refractivity contribution in [2.45, 2.75) is 19.3 Å². The Balaban J connectivity index is 1.23. The fourth-order valence-corrected chi connectivity index (χ4v) is 5.12. The first kappa shape index (κ1) is 22.8. The molecule has 0 aliphatic carbocycles. The Morgan fingerprint density at radius 1 is 1.03 bits per heavy atom. The Labute approximate surface area is 201 Å². The predicted octanol–water partition coefficient (Wildman–Crippen LogP) is 4.04. The van der Waals surface area contributed by atoms with E-state index in [0.29, 0.717) is 23.8 Å². The smallest absolute Gasteiger partial charge is 0.257 e. The monoisotopic (exact) mass is 459 g/mol. The molecule has 1 aromatic heterocycles. The fourth-order valence-electron chi connectivity index (χ4n) is 5.12. The van der Waals surface area contributed by atoms with Crippen molar-refractivity contribution in [2.24, 2.45) is 5.92 Å². The lowest BCUT2D eigenvalue weighted by Crippen LogP contribution is -2.41. The number of amides is 1. The number of rotatable bonds is 7. The van der Waals surface area contributed by atoms with Crippen molar-refractivity contribution in [3.8, 4) is 5.75 Å². The lowest BCUT2D eigenvalue weighted by Gasteiger charge is -2.33. The fraction of sp³-hybridized carbons (Fsp3) is 0.429. The van der Waals surface area contributed by atoms with Gasteiger partial charge in [0.15, 0.2) is 0 Å². The van der Waals surface area contributed by atoms with E-state index in [1.54, 1.807) is 0 Å². The summed E-state index contributed by atoms with van der Waals surface area (Å²) in [5.41, 5.74) is 3.02. The summed E-state index contributed by atoms with van der Waals surface area (Å²) in [5, 5.41) is 1.22. The van der Waals surface area contributed by atoms with Crippen molar-refractivity contribution in [3.05, 3.63) is 71.9 Å². The van der Waals surface area contributed by atoms with Crippen LogP contribution < -0.4 is 4.74 Å². The molecule has 2 fully saturated rings. The van der Waals surface area contributed by atoms with Crippen molar-refractivity contribution < 1.29 is 14.3 Å². The van der Waals surface area contributed by atoms with Crippen LogP contribution in [0.2, 0.25) is 0 Å². The first-order valence-electron chi connectivity index (χ1n) is 12.4. The molecule has 0 bridgehead atoms. The van der Waals surface area contributed by atoms with Gasteiger partial charge in [-0.25, -0.2) is 0 Å². The Kier molecular flexibility index (Phi) is 7.37. The Morgan fingerprint density at radius 3 is 2.82 bits per heavy atom. The second kappa shape index (κ2) is 11.0. The van der Waals surface area contributed by atoms with Crippen LogP contribution in [-0.2, 0) is 11.2 Å². The standard InChI is InChI=1S/C28H33N3O3/c32-28(25-8-1-2-11-27(25)34-19-16-30-14-17-33-18-15-30)31-13-5-6-22(21-31)20-23-7-3-10-26-24(23)9-4-12-29-26/h1-4,7-12,22H,5-6,13-21H2. The Bertz CT molecular complexity index is 1110. The molecule has 34 heavy (non-hydrogen) atoms. The molecule has 0 saturated carbocycles. The van der Waals surface area contributed by atoms with E-state index >= 15 is 0 Å². The number of fused-ring (bicyclic) bond motifs is 1. The van der Waals surface area contributed by atoms with Crippen molar-refractivity contribution in [1.29, 1.82) is 0 Å². The van der Waals surface area contributed by atoms with Gasteiger partial charge in [-0.15, -0.1) is 0 Å². The van der Waals surface area contributed by atoms with Crippen molar-refractivity contribution in [2.75, 3.05) is 52.5 Å². The number of aromatic nitrogens is 1. The second-order valence-electron chi connectivity index (χ2n) is 9.25. The van der Waals surface area contributed by atoms with Gasteiger partial charge in [0.05, 0.1) is 24.3 Å². The van der Waals surface area contributed by atoms with E-state index in [4.69, 9.17) is 9.47 Å². The summed E-state index contributed by atoms with van der Waals surface area (Å²) in [5.74, 6) is 1.20. The number of para-hydroxylation sites is 1. The average Bonchev–Trinajstić information content (AvgIpc) is 2.90. The zero-order valence-corrected chi connectivity index (χ0v) is 19.7. The molecule has 6 heteroatoms. The normalized spacial score (nSPS) is 19.3. The van der Waals surface area contributed by atoms with Crippen molar-refractivity contribution in [3.63, 3.8) is 0 Å². The molecule has 1 atom stereocenters. The highest BCUT2D eigenvalue weighted by atomic mass is 16.5. The SMILES string of the molecule is O=C(c1ccccc1OCCN1CCOCC1)N1CCCC(Cc2cccc3ncccc23)C1. The van der Waals surface area contributed by atoms with Crippen LogP contribution in [0, 0.1) is 5.92 Å². The van der Waals surface area contributed by atoms with Gasteiger partial charge in [-0.2, -0.15) is 0 Å². The van der Waals surface area contributed by atoms with Gasteiger partial charge in [0, 0.05) is 44.3 Å². The molecule has 1 unspecified atom stereocenters. The molecule has 2 aromatic carbocycles. The number of hydrogen-bond acceptors (Lipinski definition) is 5. The summed E-state index contributed by atoms with van der Waals surface area (Å²) in [6, 6.07) is 18.2. The Hall–Kier alpha value is -2.96. The molecule has 0 spiro atoms. The first-order chi connectivity index (χ1) is 16.8. The number of piperidine rings is 1. The number of benzene rings is 2. The van der Waals surface area contributed by atoms with Gasteiger partial charge in [-0.05, 0) is 55.0 Å². The van der Waals surface area contributed by atoms with Gasteiger partial charge in [-0.1, -0.05) is 30.3 Å². The lowest BCUT2D eigenvalue weighted by molar-refractivity contribution is 0.0321. The third-order valence-electron chi connectivity index (χ3n) is 6.94. The molecular weight excluding hydrogens is 426 g/mol. The highest BCUT2D eigenvalue weighted by Crippen LogP contribution is 2.27. The van der Waals surface area contributed by atoms with E-state index in [2.05, 4.69) is 34.1 Å². The van der Waals surface area contributed by atoms with Gasteiger partial charge in [-0.3, -0.25) is 14.7 Å². The van der Waals surface area contributed by atoms with E-state index < -0.39 is 0 Å². The van der Waals surface area contributed by atoms with E-state index in [1.165, 1.54) is 10.9 Å². The minimum Gasteiger partial charge on any atom is -0.491 e. The molecule has 2 saturated heterocycles. The first-order valence-corrected chi connectivity index (χ1v) is 12.4. The number of hydrogen-bond donors (Lipinski definition) is 0. The number of morpholine rings is 1. The number of ether oxygens (including phenoxy) is 2. The molecule has 0 radical (unpaired) electrons. The van der Waals surface area contributed by atoms with Crippen LogP contribution in [0.4, 0.5) is 0 Å². The van der Waals surface area contributed by atoms with E-state index in [1.807, 2.05) is 41.4 Å². The maximum Gasteiger partial charge on any atom is 0.257 e. The molecule has 3 heterocycles. The highest BCUT2D eigenvalue weighted by molar-refractivity contribution is 5.97. The quantitative estimate of drug-likeness (QED) is 0.534. The third kappa shape index (κ3) is 5.40. The van der Waals surface area contributed by atoms with Crippen LogP contribution in [0.15, 0.2) is 60.8 Å². The highest BCUT2D eigenvalue weighted by Gasteiger charge is 2.27. The second-order valence-corrected chi connectivity index (χ2v) is 9.25. The van der Waals surface area contributed by atoms with Crippen molar-refractivity contribution in [1.82, 2.24) is 14.8 Å². The third-order valence-corrected chi connectivity index (χ3v) is 6.94. The predicted molar refractivity (Wildman–Crippen MR) is 133 cm³/mol. The van der Waals surface area contributed by atoms with Gasteiger partial charge in [0.2, 0.25) is 0 Å². The van der Waals surface area contributed by atoms with Crippen LogP contribution in [-0.4, -0.2) is 73.2 Å². The molecule has 5 rings (SSSR count). The minimum absolute atomic E-state index is 0.0752. The van der Waals surface area contributed by atoms with Crippen LogP contribution in [0.5, 0.6) is 5.75 Å². The van der Waals surface area contributed by atoms with Crippen molar-refractivity contribution >= 4 is 16.8 Å². The van der Waals surface area contributed by atoms with Crippen LogP contribution in [0.25, 0.3) is 10.9 Å². The molecule has 3 aromatic rings. The average molecular weight is 460 g/mol. The van der Waals surface area contributed by atoms with Gasteiger partial charge < -0.3 is 14.4 Å². The summed E-state index contributed by atoms with van der Waals surface area (Å²) in [7, 11) is 0. The molecule has 1 amide bonds. The molecule has 2 aliphatic rings. The van der Waals surface area contributed by atoms with Gasteiger partial charge in [0.25, 0.3) is 5.91 Å². The molecule has 178 valence electrons. The summed E-state index contributed by atoms with van der Waals surface area (Å²) >= 11 is 0. The summed E-state index contributed by atoms with van der Waals surface area (Å²) < 4.78 is 11.5. The molecule has 2 aliphatic heterocycles. The summed E-state index contributed by atoms with van der Waals surface area (Å²) in [6.07, 6.45) is 4.97. The Morgan fingerprint density at radius 2 is 1.91 bits per heavy atom.